The van der Waals surface area contributed by atoms with Crippen LogP contribution in [0.2, 0.25) is 0 Å². The van der Waals surface area contributed by atoms with Crippen molar-refractivity contribution in [3.63, 3.8) is 0 Å². The fraction of sp³-hybridized carbons (Fsp3) is 0.636. The van der Waals surface area contributed by atoms with E-state index in [1.54, 1.807) is 0 Å². The van der Waals surface area contributed by atoms with Crippen LogP contribution < -0.4 is 0 Å². The van der Waals surface area contributed by atoms with Crippen molar-refractivity contribution in [2.45, 2.75) is 38.8 Å². The van der Waals surface area contributed by atoms with Crippen molar-refractivity contribution in [2.24, 2.45) is 5.92 Å². The minimum atomic E-state index is -0.210. The summed E-state index contributed by atoms with van der Waals surface area (Å²) in [6.07, 6.45) is 7.46. The molecular weight excluding hydrogens is 162 g/mol. The maximum atomic E-state index is 9.83. The highest BCUT2D eigenvalue weighted by atomic mass is 16.3. The number of aliphatic hydroxyl groups is 1. The molecule has 0 aromatic carbocycles. The molecule has 2 nitrogen and oxygen atoms in total. The number of nitrogens with zero attached hydrogens (tertiary/aromatic N) is 1. The summed E-state index contributed by atoms with van der Waals surface area (Å²) >= 11 is 0. The van der Waals surface area contributed by atoms with Crippen molar-refractivity contribution in [3.8, 4) is 0 Å². The van der Waals surface area contributed by atoms with Gasteiger partial charge in [-0.15, -0.1) is 0 Å². The molecule has 0 aliphatic heterocycles. The highest BCUT2D eigenvalue weighted by molar-refractivity contribution is 5.15. The van der Waals surface area contributed by atoms with E-state index in [0.717, 1.165) is 18.5 Å². The van der Waals surface area contributed by atoms with Gasteiger partial charge < -0.3 is 9.67 Å². The molecule has 0 radical (unpaired) electrons. The lowest BCUT2D eigenvalue weighted by Gasteiger charge is -2.05. The third-order valence-corrected chi connectivity index (χ3v) is 2.67. The quantitative estimate of drug-likeness (QED) is 0.754. The van der Waals surface area contributed by atoms with Crippen molar-refractivity contribution in [2.75, 3.05) is 0 Å². The van der Waals surface area contributed by atoms with Gasteiger partial charge in [0.25, 0.3) is 0 Å². The fourth-order valence-corrected chi connectivity index (χ4v) is 1.72. The Bertz CT molecular complexity index is 275. The van der Waals surface area contributed by atoms with Gasteiger partial charge in [0.2, 0.25) is 0 Å². The van der Waals surface area contributed by atoms with Gasteiger partial charge in [0, 0.05) is 18.9 Å². The molecule has 1 aliphatic rings. The molecule has 2 heteroatoms. The standard InChI is InChI=1S/C11H17NO/c1-2-6-12-7-5-10(8-12)11(13)9-3-4-9/h5,7-9,11,13H,2-4,6H2,1H3. The maximum Gasteiger partial charge on any atom is 0.0832 e. The number of hydrogen-bond donors (Lipinski definition) is 1. The molecule has 1 aromatic rings. The molecule has 0 amide bonds. The highest BCUT2D eigenvalue weighted by Gasteiger charge is 2.30. The van der Waals surface area contributed by atoms with Crippen LogP contribution in [-0.4, -0.2) is 9.67 Å². The van der Waals surface area contributed by atoms with E-state index >= 15 is 0 Å². The summed E-state index contributed by atoms with van der Waals surface area (Å²) in [5.41, 5.74) is 1.09. The smallest absolute Gasteiger partial charge is 0.0832 e. The second-order valence-electron chi connectivity index (χ2n) is 3.96. The summed E-state index contributed by atoms with van der Waals surface area (Å²) in [6.45, 7) is 3.22. The first-order valence-corrected chi connectivity index (χ1v) is 5.15. The van der Waals surface area contributed by atoms with E-state index in [9.17, 15) is 5.11 Å². The van der Waals surface area contributed by atoms with E-state index in [1.807, 2.05) is 6.07 Å². The Kier molecular flexibility index (Phi) is 2.40. The number of rotatable bonds is 4. The molecular formula is C11H17NO. The van der Waals surface area contributed by atoms with E-state index < -0.39 is 0 Å². The topological polar surface area (TPSA) is 25.2 Å². The first-order valence-electron chi connectivity index (χ1n) is 5.15. The van der Waals surface area contributed by atoms with E-state index in [0.29, 0.717) is 5.92 Å². The summed E-state index contributed by atoms with van der Waals surface area (Å²) in [5, 5.41) is 9.83. The lowest BCUT2D eigenvalue weighted by molar-refractivity contribution is 0.154. The highest BCUT2D eigenvalue weighted by Crippen LogP contribution is 2.40. The molecule has 0 spiro atoms. The van der Waals surface area contributed by atoms with Crippen molar-refractivity contribution in [3.05, 3.63) is 24.0 Å². The van der Waals surface area contributed by atoms with Gasteiger partial charge in [-0.1, -0.05) is 6.92 Å². The van der Waals surface area contributed by atoms with Crippen LogP contribution >= 0.6 is 0 Å². The molecule has 13 heavy (non-hydrogen) atoms. The SMILES string of the molecule is CCCn1ccc(C(O)C2CC2)c1. The van der Waals surface area contributed by atoms with Crippen molar-refractivity contribution >= 4 is 0 Å². The Labute approximate surface area is 79.2 Å². The summed E-state index contributed by atoms with van der Waals surface area (Å²) < 4.78 is 2.15. The number of aryl methyl sites for hydroxylation is 1. The summed E-state index contributed by atoms with van der Waals surface area (Å²) in [6, 6.07) is 2.04. The molecule has 1 saturated carbocycles. The lowest BCUT2D eigenvalue weighted by atomic mass is 10.1. The van der Waals surface area contributed by atoms with Crippen LogP contribution in [0.1, 0.15) is 37.9 Å². The van der Waals surface area contributed by atoms with Crippen LogP contribution in [0.3, 0.4) is 0 Å². The Morgan fingerprint density at radius 3 is 3.00 bits per heavy atom. The molecule has 0 bridgehead atoms. The van der Waals surface area contributed by atoms with Gasteiger partial charge in [-0.05, 0) is 36.8 Å². The van der Waals surface area contributed by atoms with Gasteiger partial charge in [0.1, 0.15) is 0 Å². The van der Waals surface area contributed by atoms with Gasteiger partial charge in [0.15, 0.2) is 0 Å². The van der Waals surface area contributed by atoms with Gasteiger partial charge in [-0.3, -0.25) is 0 Å². The van der Waals surface area contributed by atoms with Crippen LogP contribution in [0.4, 0.5) is 0 Å². The van der Waals surface area contributed by atoms with E-state index in [-0.39, 0.29) is 6.10 Å². The predicted molar refractivity (Wildman–Crippen MR) is 52.4 cm³/mol. The summed E-state index contributed by atoms with van der Waals surface area (Å²) in [5.74, 6) is 0.539. The maximum absolute atomic E-state index is 9.83. The molecule has 1 fully saturated rings. The number of hydrogen-bond acceptors (Lipinski definition) is 1. The molecule has 72 valence electrons. The molecule has 0 saturated heterocycles. The van der Waals surface area contributed by atoms with Crippen LogP contribution in [0.25, 0.3) is 0 Å². The summed E-state index contributed by atoms with van der Waals surface area (Å²) in [7, 11) is 0. The number of aliphatic hydroxyl groups excluding tert-OH is 1. The third kappa shape index (κ3) is 1.94. The van der Waals surface area contributed by atoms with Gasteiger partial charge in [-0.2, -0.15) is 0 Å². The average Bonchev–Trinajstić information content (AvgIpc) is 2.87. The van der Waals surface area contributed by atoms with Crippen molar-refractivity contribution in [1.29, 1.82) is 0 Å². The first-order chi connectivity index (χ1) is 6.31. The average molecular weight is 179 g/mol. The Hall–Kier alpha value is -0.760. The molecule has 2 rings (SSSR count). The second kappa shape index (κ2) is 3.54. The van der Waals surface area contributed by atoms with Gasteiger partial charge >= 0.3 is 0 Å². The first kappa shape index (κ1) is 8.82. The molecule has 1 aliphatic carbocycles. The van der Waals surface area contributed by atoms with Crippen molar-refractivity contribution in [1.82, 2.24) is 4.57 Å². The predicted octanol–water partition coefficient (Wildman–Crippen LogP) is 2.34. The largest absolute Gasteiger partial charge is 0.388 e. The minimum Gasteiger partial charge on any atom is -0.388 e. The molecule has 1 atom stereocenters. The van der Waals surface area contributed by atoms with Gasteiger partial charge in [0.05, 0.1) is 6.10 Å². The number of aromatic nitrogens is 1. The molecule has 1 heterocycles. The molecule has 1 unspecified atom stereocenters. The fourth-order valence-electron chi connectivity index (χ4n) is 1.72. The monoisotopic (exact) mass is 179 g/mol. The van der Waals surface area contributed by atoms with Crippen LogP contribution in [0, 0.1) is 5.92 Å². The lowest BCUT2D eigenvalue weighted by Crippen LogP contribution is -1.98. The zero-order valence-corrected chi connectivity index (χ0v) is 8.11. The third-order valence-electron chi connectivity index (χ3n) is 2.67. The molecule has 1 N–H and O–H groups in total. The van der Waals surface area contributed by atoms with E-state index in [4.69, 9.17) is 0 Å². The van der Waals surface area contributed by atoms with Gasteiger partial charge in [-0.25, -0.2) is 0 Å². The molecule has 1 aromatic heterocycles. The zero-order chi connectivity index (χ0) is 9.26. The van der Waals surface area contributed by atoms with E-state index in [2.05, 4.69) is 23.9 Å². The van der Waals surface area contributed by atoms with Crippen LogP contribution in [0.5, 0.6) is 0 Å². The van der Waals surface area contributed by atoms with Crippen LogP contribution in [-0.2, 0) is 6.54 Å². The Morgan fingerprint density at radius 1 is 1.62 bits per heavy atom. The second-order valence-corrected chi connectivity index (χ2v) is 3.96. The Morgan fingerprint density at radius 2 is 2.38 bits per heavy atom. The Balaban J connectivity index is 2.03. The normalized spacial score (nSPS) is 18.9. The zero-order valence-electron chi connectivity index (χ0n) is 8.11. The van der Waals surface area contributed by atoms with Crippen molar-refractivity contribution < 1.29 is 5.11 Å². The van der Waals surface area contributed by atoms with E-state index in [1.165, 1.54) is 12.8 Å². The van der Waals surface area contributed by atoms with Crippen LogP contribution in [0.15, 0.2) is 18.5 Å². The summed E-state index contributed by atoms with van der Waals surface area (Å²) in [4.78, 5) is 0. The minimum absolute atomic E-state index is 0.210.